The van der Waals surface area contributed by atoms with Crippen molar-refractivity contribution in [3.8, 4) is 5.75 Å². The third-order valence-electron chi connectivity index (χ3n) is 6.39. The first-order valence-electron chi connectivity index (χ1n) is 13.3. The van der Waals surface area contributed by atoms with Gasteiger partial charge in [-0.2, -0.15) is 0 Å². The number of hydrogen-bond donors (Lipinski definition) is 3. The summed E-state index contributed by atoms with van der Waals surface area (Å²) in [6.45, 7) is 7.45. The molecule has 10 nitrogen and oxygen atoms in total. The molecule has 1 aromatic heterocycles. The number of nitrogens with one attached hydrogen (secondary N) is 3. The topological polar surface area (TPSA) is 126 Å². The van der Waals surface area contributed by atoms with E-state index in [-0.39, 0.29) is 34.1 Å². The van der Waals surface area contributed by atoms with Gasteiger partial charge in [0, 0.05) is 12.1 Å². The molecule has 0 unspecified atom stereocenters. The quantitative estimate of drug-likeness (QED) is 0.134. The zero-order valence-corrected chi connectivity index (χ0v) is 24.5. The molecule has 0 atom stereocenters. The van der Waals surface area contributed by atoms with Crippen LogP contribution in [0.3, 0.4) is 0 Å². The molecule has 0 fully saturated rings. The Morgan fingerprint density at radius 2 is 1.61 bits per heavy atom. The lowest BCUT2D eigenvalue weighted by molar-refractivity contribution is 0.0951. The van der Waals surface area contributed by atoms with Gasteiger partial charge in [-0.25, -0.2) is 18.4 Å². The zero-order chi connectivity index (χ0) is 29.2. The molecule has 0 radical (unpaired) electrons. The summed E-state index contributed by atoms with van der Waals surface area (Å²) in [7, 11) is -4.15. The molecule has 1 heterocycles. The zero-order valence-electron chi connectivity index (χ0n) is 22.9. The molecule has 0 aliphatic heterocycles. The van der Waals surface area contributed by atoms with E-state index in [0.29, 0.717) is 29.0 Å². The van der Waals surface area contributed by atoms with E-state index in [0.717, 1.165) is 26.1 Å². The van der Waals surface area contributed by atoms with Crippen molar-refractivity contribution < 1.29 is 17.9 Å². The van der Waals surface area contributed by atoms with Crippen LogP contribution < -0.4 is 20.1 Å². The van der Waals surface area contributed by atoms with Crippen LogP contribution in [0.2, 0.25) is 0 Å². The molecule has 0 bridgehead atoms. The number of alkyl halides is 1. The number of fused-ring (bicyclic) bond motifs is 1. The number of hydrogen-bond acceptors (Lipinski definition) is 8. The van der Waals surface area contributed by atoms with Gasteiger partial charge in [0.15, 0.2) is 17.7 Å². The van der Waals surface area contributed by atoms with Gasteiger partial charge in [-0.15, -0.1) is 0 Å². The van der Waals surface area contributed by atoms with Crippen LogP contribution in [-0.2, 0) is 10.0 Å². The number of carbonyl (C=O) groups is 1. The highest BCUT2D eigenvalue weighted by Gasteiger charge is 2.21. The Kier molecular flexibility index (Phi) is 10.3. The number of sulfonamides is 1. The number of anilines is 3. The fourth-order valence-electron chi connectivity index (χ4n) is 4.18. The first-order chi connectivity index (χ1) is 19.8. The van der Waals surface area contributed by atoms with E-state index in [2.05, 4.69) is 44.1 Å². The molecule has 0 saturated carbocycles. The fraction of sp³-hybridized carbons (Fsp3) is 0.276. The normalized spacial score (nSPS) is 11.4. The molecular formula is C29H33ClN6O4S. The maximum absolute atomic E-state index is 13.5. The number of para-hydroxylation sites is 4. The molecule has 0 aliphatic carbocycles. The van der Waals surface area contributed by atoms with Crippen LogP contribution in [-0.4, -0.2) is 61.4 Å². The summed E-state index contributed by atoms with van der Waals surface area (Å²) >= 11 is 5.77. The summed E-state index contributed by atoms with van der Waals surface area (Å²) in [5.74, 6) is 0.267. The van der Waals surface area contributed by atoms with Gasteiger partial charge < -0.3 is 20.3 Å². The molecule has 3 aromatic carbocycles. The number of nitrogens with zero attached hydrogens (tertiary/aromatic N) is 3. The van der Waals surface area contributed by atoms with Crippen molar-refractivity contribution in [3.63, 3.8) is 0 Å². The van der Waals surface area contributed by atoms with Gasteiger partial charge in [0.25, 0.3) is 15.9 Å². The molecule has 0 aliphatic rings. The number of carbonyl (C=O) groups excluding carboxylic acids is 1. The number of aromatic nitrogens is 2. The van der Waals surface area contributed by atoms with Crippen LogP contribution in [0.25, 0.3) is 11.0 Å². The summed E-state index contributed by atoms with van der Waals surface area (Å²) in [4.78, 5) is 24.1. The summed E-state index contributed by atoms with van der Waals surface area (Å²) in [5.41, 5.74) is 1.83. The number of rotatable bonds is 14. The summed E-state index contributed by atoms with van der Waals surface area (Å²) in [6.07, 6.45) is 0.794. The molecule has 4 aromatic rings. The predicted molar refractivity (Wildman–Crippen MR) is 163 cm³/mol. The third-order valence-corrected chi connectivity index (χ3v) is 7.84. The van der Waals surface area contributed by atoms with E-state index < -0.39 is 10.0 Å². The second-order valence-corrected chi connectivity index (χ2v) is 11.0. The SMILES string of the molecule is CCN(CC)CCCNC(=O)c1cccc(S(=O)(=O)Nc2nc3ccccc3nc2Nc2ccccc2OCCl)c1. The minimum Gasteiger partial charge on any atom is -0.476 e. The first-order valence-corrected chi connectivity index (χ1v) is 15.3. The van der Waals surface area contributed by atoms with Crippen LogP contribution in [0, 0.1) is 0 Å². The van der Waals surface area contributed by atoms with Gasteiger partial charge in [-0.1, -0.05) is 55.8 Å². The van der Waals surface area contributed by atoms with Crippen molar-refractivity contribution in [2.75, 3.05) is 42.3 Å². The maximum Gasteiger partial charge on any atom is 0.263 e. The third kappa shape index (κ3) is 7.84. The molecular weight excluding hydrogens is 564 g/mol. The Labute approximate surface area is 245 Å². The highest BCUT2D eigenvalue weighted by molar-refractivity contribution is 7.92. The smallest absolute Gasteiger partial charge is 0.263 e. The van der Waals surface area contributed by atoms with Crippen molar-refractivity contribution >= 4 is 55.9 Å². The molecule has 12 heteroatoms. The van der Waals surface area contributed by atoms with Gasteiger partial charge in [0.1, 0.15) is 5.75 Å². The minimum absolute atomic E-state index is 0.0179. The molecule has 1 amide bonds. The van der Waals surface area contributed by atoms with Crippen LogP contribution in [0.5, 0.6) is 5.75 Å². The van der Waals surface area contributed by atoms with E-state index in [1.54, 1.807) is 48.5 Å². The van der Waals surface area contributed by atoms with Crippen LogP contribution in [0.4, 0.5) is 17.3 Å². The second kappa shape index (κ2) is 14.1. The van der Waals surface area contributed by atoms with Gasteiger partial charge in [0.2, 0.25) is 0 Å². The number of amides is 1. The monoisotopic (exact) mass is 596 g/mol. The lowest BCUT2D eigenvalue weighted by Crippen LogP contribution is -2.30. The summed E-state index contributed by atoms with van der Waals surface area (Å²) < 4.78 is 35.0. The lowest BCUT2D eigenvalue weighted by atomic mass is 10.2. The summed E-state index contributed by atoms with van der Waals surface area (Å²) in [6, 6.07) is 20.0. The number of benzene rings is 3. The van der Waals surface area contributed by atoms with E-state index in [1.165, 1.54) is 18.2 Å². The highest BCUT2D eigenvalue weighted by atomic mass is 35.5. The molecule has 0 spiro atoms. The van der Waals surface area contributed by atoms with Crippen molar-refractivity contribution in [2.45, 2.75) is 25.2 Å². The van der Waals surface area contributed by atoms with Gasteiger partial charge in [-0.3, -0.25) is 9.52 Å². The second-order valence-electron chi connectivity index (χ2n) is 9.05. The van der Waals surface area contributed by atoms with Crippen LogP contribution >= 0.6 is 11.6 Å². The van der Waals surface area contributed by atoms with E-state index in [1.807, 2.05) is 6.07 Å². The molecule has 3 N–H and O–H groups in total. The van der Waals surface area contributed by atoms with Crippen molar-refractivity contribution in [3.05, 3.63) is 78.4 Å². The molecule has 4 rings (SSSR count). The minimum atomic E-state index is -4.15. The molecule has 216 valence electrons. The summed E-state index contributed by atoms with van der Waals surface area (Å²) in [5, 5.41) is 5.98. The highest BCUT2D eigenvalue weighted by Crippen LogP contribution is 2.31. The Morgan fingerprint density at radius 3 is 2.32 bits per heavy atom. The van der Waals surface area contributed by atoms with Crippen LogP contribution in [0.1, 0.15) is 30.6 Å². The molecule has 41 heavy (non-hydrogen) atoms. The molecule has 0 saturated heterocycles. The standard InChI is InChI=1S/C29H33ClN6O4S/c1-3-36(4-2)18-10-17-31-29(37)21-11-9-12-22(19-21)41(38,39)35-28-27(32-23-13-5-6-14-24(23)33-28)34-25-15-7-8-16-26(25)40-20-30/h5-9,11-16,19H,3-4,10,17-18,20H2,1-2H3,(H,31,37)(H,32,34)(H,33,35). The predicted octanol–water partition coefficient (Wildman–Crippen LogP) is 5.21. The van der Waals surface area contributed by atoms with Crippen molar-refractivity contribution in [1.29, 1.82) is 0 Å². The van der Waals surface area contributed by atoms with E-state index in [4.69, 9.17) is 16.3 Å². The van der Waals surface area contributed by atoms with Gasteiger partial charge in [-0.05, 0) is 68.5 Å². The van der Waals surface area contributed by atoms with E-state index in [9.17, 15) is 13.2 Å². The average Bonchev–Trinajstić information content (AvgIpc) is 2.98. The van der Waals surface area contributed by atoms with E-state index >= 15 is 0 Å². The largest absolute Gasteiger partial charge is 0.476 e. The maximum atomic E-state index is 13.5. The fourth-order valence-corrected chi connectivity index (χ4v) is 5.35. The Morgan fingerprint density at radius 1 is 0.927 bits per heavy atom. The average molecular weight is 597 g/mol. The van der Waals surface area contributed by atoms with Crippen LogP contribution in [0.15, 0.2) is 77.7 Å². The number of halogens is 1. The van der Waals surface area contributed by atoms with Crippen molar-refractivity contribution in [1.82, 2.24) is 20.2 Å². The van der Waals surface area contributed by atoms with Gasteiger partial charge >= 0.3 is 0 Å². The number of ether oxygens (including phenoxy) is 1. The Bertz CT molecular complexity index is 1600. The lowest BCUT2D eigenvalue weighted by Gasteiger charge is -2.17. The first kappa shape index (κ1) is 30.0. The van der Waals surface area contributed by atoms with Crippen molar-refractivity contribution in [2.24, 2.45) is 0 Å². The Hall–Kier alpha value is -3.93. The Balaban J connectivity index is 1.57. The van der Waals surface area contributed by atoms with Gasteiger partial charge in [0.05, 0.1) is 21.6 Å².